The Bertz CT molecular complexity index is 553. The zero-order valence-electron chi connectivity index (χ0n) is 16.8. The van der Waals surface area contributed by atoms with Crippen molar-refractivity contribution in [1.82, 2.24) is 0 Å². The number of carbonyl (C=O) groups is 2. The van der Waals surface area contributed by atoms with Gasteiger partial charge in [0.25, 0.3) is 0 Å². The molecule has 0 saturated heterocycles. The average molecular weight is 363 g/mol. The van der Waals surface area contributed by atoms with E-state index in [-0.39, 0.29) is 17.2 Å². The molecule has 0 N–H and O–H groups in total. The Morgan fingerprint density at radius 1 is 0.923 bits per heavy atom. The predicted molar refractivity (Wildman–Crippen MR) is 104 cm³/mol. The molecule has 0 heterocycles. The highest BCUT2D eigenvalue weighted by Gasteiger charge is 2.24. The van der Waals surface area contributed by atoms with Crippen LogP contribution in [0.4, 0.5) is 0 Å². The lowest BCUT2D eigenvalue weighted by molar-refractivity contribution is 0.0132. The van der Waals surface area contributed by atoms with Crippen LogP contribution in [0.15, 0.2) is 24.3 Å². The molecule has 0 aromatic heterocycles. The molecule has 4 nitrogen and oxygen atoms in total. The van der Waals surface area contributed by atoms with Crippen LogP contribution in [0.1, 0.15) is 93.4 Å². The third-order valence-electron chi connectivity index (χ3n) is 4.64. The number of ether oxygens (including phenoxy) is 2. The maximum Gasteiger partial charge on any atom is 0.339 e. The minimum absolute atomic E-state index is 0.138. The Morgan fingerprint density at radius 2 is 1.58 bits per heavy atom. The molecule has 1 rings (SSSR count). The van der Waals surface area contributed by atoms with Gasteiger partial charge < -0.3 is 9.47 Å². The number of hydrogen-bond donors (Lipinski definition) is 0. The summed E-state index contributed by atoms with van der Waals surface area (Å²) in [7, 11) is 0. The molecule has 0 amide bonds. The zero-order chi connectivity index (χ0) is 19.4. The van der Waals surface area contributed by atoms with Gasteiger partial charge in [0.2, 0.25) is 0 Å². The van der Waals surface area contributed by atoms with Crippen molar-refractivity contribution < 1.29 is 19.1 Å². The van der Waals surface area contributed by atoms with Gasteiger partial charge in [-0.2, -0.15) is 0 Å². The smallest absolute Gasteiger partial charge is 0.339 e. The van der Waals surface area contributed by atoms with E-state index in [4.69, 9.17) is 9.47 Å². The number of carbonyl (C=O) groups excluding carboxylic acids is 2. The molecule has 0 fully saturated rings. The summed E-state index contributed by atoms with van der Waals surface area (Å²) in [5.74, 6) is -0.603. The number of hydrogen-bond acceptors (Lipinski definition) is 4. The van der Waals surface area contributed by atoms with E-state index in [1.54, 1.807) is 24.3 Å². The lowest BCUT2D eigenvalue weighted by atomic mass is 9.97. The third kappa shape index (κ3) is 7.19. The summed E-state index contributed by atoms with van der Waals surface area (Å²) in [6.45, 7) is 8.75. The fourth-order valence-electron chi connectivity index (χ4n) is 3.05. The summed E-state index contributed by atoms with van der Waals surface area (Å²) < 4.78 is 11.0. The number of esters is 2. The van der Waals surface area contributed by atoms with Gasteiger partial charge in [0.1, 0.15) is 6.10 Å². The summed E-state index contributed by atoms with van der Waals surface area (Å²) in [4.78, 5) is 25.0. The van der Waals surface area contributed by atoms with Gasteiger partial charge in [-0.15, -0.1) is 0 Å². The molecular formula is C22H34O4. The first kappa shape index (κ1) is 22.2. The molecule has 0 aliphatic carbocycles. The van der Waals surface area contributed by atoms with Crippen LogP contribution in [-0.2, 0) is 9.47 Å². The highest BCUT2D eigenvalue weighted by molar-refractivity contribution is 6.03. The van der Waals surface area contributed by atoms with E-state index < -0.39 is 11.9 Å². The molecular weight excluding hydrogens is 328 g/mol. The summed E-state index contributed by atoms with van der Waals surface area (Å²) in [6, 6.07) is 6.74. The van der Waals surface area contributed by atoms with E-state index in [0.29, 0.717) is 12.5 Å². The fraction of sp³-hybridized carbons (Fsp3) is 0.636. The molecule has 146 valence electrons. The minimum Gasteiger partial charge on any atom is -0.462 e. The monoisotopic (exact) mass is 362 g/mol. The Morgan fingerprint density at radius 3 is 2.15 bits per heavy atom. The SMILES string of the molecule is CCCCCCOC(=O)c1ccccc1C(=O)OC(CC)C(C)CCC. The molecule has 2 atom stereocenters. The highest BCUT2D eigenvalue weighted by atomic mass is 16.5. The van der Waals surface area contributed by atoms with Gasteiger partial charge in [0.15, 0.2) is 0 Å². The van der Waals surface area contributed by atoms with Crippen molar-refractivity contribution in [2.75, 3.05) is 6.61 Å². The maximum atomic E-state index is 12.6. The minimum atomic E-state index is -0.455. The first-order valence-electron chi connectivity index (χ1n) is 10.0. The molecule has 1 aromatic carbocycles. The van der Waals surface area contributed by atoms with Gasteiger partial charge in [-0.3, -0.25) is 0 Å². The van der Waals surface area contributed by atoms with Crippen molar-refractivity contribution in [2.45, 2.75) is 78.7 Å². The summed E-state index contributed by atoms with van der Waals surface area (Å²) in [5, 5.41) is 0. The number of benzene rings is 1. The van der Waals surface area contributed by atoms with Crippen LogP contribution in [0.5, 0.6) is 0 Å². The van der Waals surface area contributed by atoms with Crippen LogP contribution >= 0.6 is 0 Å². The third-order valence-corrected chi connectivity index (χ3v) is 4.64. The lowest BCUT2D eigenvalue weighted by Crippen LogP contribution is -2.26. The second kappa shape index (κ2) is 12.5. The van der Waals surface area contributed by atoms with Gasteiger partial charge in [-0.1, -0.05) is 65.5 Å². The van der Waals surface area contributed by atoms with E-state index in [9.17, 15) is 9.59 Å². The summed E-state index contributed by atoms with van der Waals surface area (Å²) in [5.41, 5.74) is 0.569. The number of rotatable bonds is 12. The van der Waals surface area contributed by atoms with Crippen molar-refractivity contribution in [2.24, 2.45) is 5.92 Å². The predicted octanol–water partition coefficient (Wildman–Crippen LogP) is 5.80. The van der Waals surface area contributed by atoms with E-state index >= 15 is 0 Å². The summed E-state index contributed by atoms with van der Waals surface area (Å²) >= 11 is 0. The van der Waals surface area contributed by atoms with Crippen LogP contribution in [0.3, 0.4) is 0 Å². The second-order valence-corrected chi connectivity index (χ2v) is 6.86. The molecule has 0 spiro atoms. The molecule has 0 aliphatic rings. The molecule has 0 aliphatic heterocycles. The van der Waals surface area contributed by atoms with E-state index in [0.717, 1.165) is 44.9 Å². The summed E-state index contributed by atoms with van der Waals surface area (Å²) in [6.07, 6.45) is 6.84. The van der Waals surface area contributed by atoms with Crippen molar-refractivity contribution in [3.63, 3.8) is 0 Å². The molecule has 0 bridgehead atoms. The molecule has 0 radical (unpaired) electrons. The lowest BCUT2D eigenvalue weighted by Gasteiger charge is -2.23. The molecule has 2 unspecified atom stereocenters. The standard InChI is InChI=1S/C22H34O4/c1-5-8-9-12-16-25-21(23)18-14-10-11-15-19(18)22(24)26-20(7-3)17(4)13-6-2/h10-11,14-15,17,20H,5-9,12-13,16H2,1-4H3. The topological polar surface area (TPSA) is 52.6 Å². The van der Waals surface area contributed by atoms with E-state index in [1.807, 2.05) is 6.92 Å². The Hall–Kier alpha value is -1.84. The molecule has 1 aromatic rings. The van der Waals surface area contributed by atoms with Crippen molar-refractivity contribution in [3.8, 4) is 0 Å². The number of unbranched alkanes of at least 4 members (excludes halogenated alkanes) is 3. The first-order valence-corrected chi connectivity index (χ1v) is 10.0. The van der Waals surface area contributed by atoms with Gasteiger partial charge in [0, 0.05) is 0 Å². The van der Waals surface area contributed by atoms with Gasteiger partial charge in [-0.25, -0.2) is 9.59 Å². The van der Waals surface area contributed by atoms with Crippen molar-refractivity contribution >= 4 is 11.9 Å². The zero-order valence-corrected chi connectivity index (χ0v) is 16.8. The molecule has 4 heteroatoms. The van der Waals surface area contributed by atoms with Crippen LogP contribution < -0.4 is 0 Å². The normalized spacial score (nSPS) is 13.1. The molecule has 26 heavy (non-hydrogen) atoms. The van der Waals surface area contributed by atoms with Gasteiger partial charge in [-0.05, 0) is 37.3 Å². The van der Waals surface area contributed by atoms with E-state index in [1.165, 1.54) is 0 Å². The van der Waals surface area contributed by atoms with Gasteiger partial charge in [0.05, 0.1) is 17.7 Å². The van der Waals surface area contributed by atoms with Gasteiger partial charge >= 0.3 is 11.9 Å². The van der Waals surface area contributed by atoms with Crippen LogP contribution in [0.2, 0.25) is 0 Å². The van der Waals surface area contributed by atoms with E-state index in [2.05, 4.69) is 20.8 Å². The maximum absolute atomic E-state index is 12.6. The quantitative estimate of drug-likeness (QED) is 0.348. The van der Waals surface area contributed by atoms with Crippen molar-refractivity contribution in [1.29, 1.82) is 0 Å². The fourth-order valence-corrected chi connectivity index (χ4v) is 3.05. The molecule has 0 saturated carbocycles. The van der Waals surface area contributed by atoms with Crippen LogP contribution in [0.25, 0.3) is 0 Å². The Balaban J connectivity index is 2.74. The Labute approximate surface area is 158 Å². The first-order chi connectivity index (χ1) is 12.5. The van der Waals surface area contributed by atoms with Crippen molar-refractivity contribution in [3.05, 3.63) is 35.4 Å². The largest absolute Gasteiger partial charge is 0.462 e. The van der Waals surface area contributed by atoms with Crippen LogP contribution in [-0.4, -0.2) is 24.6 Å². The average Bonchev–Trinajstić information content (AvgIpc) is 2.65. The second-order valence-electron chi connectivity index (χ2n) is 6.86. The van der Waals surface area contributed by atoms with Crippen LogP contribution in [0, 0.1) is 5.92 Å². The highest BCUT2D eigenvalue weighted by Crippen LogP contribution is 2.20. The Kier molecular flexibility index (Phi) is 10.7.